The van der Waals surface area contributed by atoms with Crippen LogP contribution in [0.15, 0.2) is 10.4 Å². The van der Waals surface area contributed by atoms with Crippen molar-refractivity contribution in [1.29, 1.82) is 0 Å². The molecular weight excluding hydrogens is 473 g/mol. The van der Waals surface area contributed by atoms with Crippen molar-refractivity contribution in [2.45, 2.75) is 124 Å². The predicted molar refractivity (Wildman–Crippen MR) is 161 cm³/mol. The van der Waals surface area contributed by atoms with Crippen molar-refractivity contribution in [2.75, 3.05) is 0 Å². The molecule has 1 rings (SSSR count). The molecule has 0 saturated heterocycles. The smallest absolute Gasteiger partial charge is 0.190 e. The van der Waals surface area contributed by atoms with Crippen LogP contribution in [-0.4, -0.2) is 52.0 Å². The zero-order valence-electron chi connectivity index (χ0n) is 24.4. The van der Waals surface area contributed by atoms with Crippen LogP contribution < -0.4 is 0 Å². The normalized spacial score (nSPS) is 23.7. The van der Waals surface area contributed by atoms with Gasteiger partial charge in [0.15, 0.2) is 7.35 Å². The van der Waals surface area contributed by atoms with Crippen LogP contribution in [0.2, 0.25) is 98.2 Å². The minimum atomic E-state index is -2.15. The standard InChI is InChI=1S/C24H54OSi6/c1-23(2,3)24(28(10,11)12)21(19-20-26(4,5)6)22(27(7,8)9)31(25-24,29(13,14)15)30(16,17)18/h1-18H3. The Kier molecular flexibility index (Phi) is 7.69. The van der Waals surface area contributed by atoms with E-state index in [1.165, 1.54) is 5.57 Å². The Bertz CT molecular complexity index is 760. The fraction of sp³-hybridized carbons (Fsp3) is 0.833. The Hall–Kier alpha value is 0.561. The number of hydrogen-bond acceptors (Lipinski definition) is 1. The minimum absolute atomic E-state index is 0.0415. The van der Waals surface area contributed by atoms with Gasteiger partial charge in [0, 0.05) is 5.57 Å². The highest BCUT2D eigenvalue weighted by atomic mass is 29.7. The fourth-order valence-corrected chi connectivity index (χ4v) is 72.4. The lowest BCUT2D eigenvalue weighted by Crippen LogP contribution is -2.78. The molecule has 0 aromatic heterocycles. The van der Waals surface area contributed by atoms with Crippen LogP contribution in [0.3, 0.4) is 0 Å². The third-order valence-electron chi connectivity index (χ3n) is 6.80. The van der Waals surface area contributed by atoms with Gasteiger partial charge in [0.1, 0.15) is 8.07 Å². The van der Waals surface area contributed by atoms with Gasteiger partial charge in [-0.15, -0.1) is 5.54 Å². The zero-order chi connectivity index (χ0) is 25.3. The lowest BCUT2D eigenvalue weighted by molar-refractivity contribution is 0.0781. The van der Waals surface area contributed by atoms with E-state index in [1.54, 1.807) is 0 Å². The van der Waals surface area contributed by atoms with Gasteiger partial charge in [0.2, 0.25) is 0 Å². The Balaban J connectivity index is 4.53. The van der Waals surface area contributed by atoms with Crippen molar-refractivity contribution >= 4 is 46.8 Å². The molecule has 0 spiro atoms. The second-order valence-electron chi connectivity index (χ2n) is 16.0. The summed E-state index contributed by atoms with van der Waals surface area (Å²) in [6, 6.07) is 0. The topological polar surface area (TPSA) is 9.23 Å². The maximum absolute atomic E-state index is 8.11. The average Bonchev–Trinajstić information content (AvgIpc) is 2.75. The van der Waals surface area contributed by atoms with E-state index in [0.29, 0.717) is 0 Å². The van der Waals surface area contributed by atoms with Crippen LogP contribution in [0.4, 0.5) is 0 Å². The van der Waals surface area contributed by atoms with Crippen LogP contribution in [0.1, 0.15) is 20.8 Å². The molecule has 180 valence electrons. The molecule has 1 atom stereocenters. The summed E-state index contributed by atoms with van der Waals surface area (Å²) in [6.45, 7) is 45.7. The van der Waals surface area contributed by atoms with E-state index in [0.717, 1.165) is 0 Å². The largest absolute Gasteiger partial charge is 0.411 e. The molecule has 1 aliphatic rings. The first-order chi connectivity index (χ1) is 13.2. The van der Waals surface area contributed by atoms with Gasteiger partial charge in [-0.25, -0.2) is 0 Å². The fourth-order valence-electron chi connectivity index (χ4n) is 6.35. The highest BCUT2D eigenvalue weighted by Crippen LogP contribution is 2.59. The molecule has 0 amide bonds. The second kappa shape index (κ2) is 8.06. The van der Waals surface area contributed by atoms with E-state index in [-0.39, 0.29) is 10.6 Å². The molecule has 0 aliphatic carbocycles. The maximum atomic E-state index is 8.11. The van der Waals surface area contributed by atoms with Gasteiger partial charge in [-0.1, -0.05) is 130 Å². The average molecular weight is 527 g/mol. The quantitative estimate of drug-likeness (QED) is 0.266. The first-order valence-electron chi connectivity index (χ1n) is 12.2. The van der Waals surface area contributed by atoms with Crippen LogP contribution >= 0.6 is 0 Å². The SMILES string of the molecule is CC(C)(C)C1([Si](C)(C)C)O[Si]([Si](C)(C)C)([Si](C)(C)C)C([Si](C)(C)C)=C1C#C[Si](C)(C)C. The van der Waals surface area contributed by atoms with E-state index < -0.39 is 46.8 Å². The van der Waals surface area contributed by atoms with Crippen molar-refractivity contribution in [2.24, 2.45) is 5.41 Å². The maximum Gasteiger partial charge on any atom is 0.190 e. The van der Waals surface area contributed by atoms with Gasteiger partial charge in [0.05, 0.1) is 36.6 Å². The third-order valence-corrected chi connectivity index (χ3v) is 51.7. The molecule has 0 aromatic rings. The van der Waals surface area contributed by atoms with Gasteiger partial charge >= 0.3 is 0 Å². The molecular formula is C24H54OSi6. The monoisotopic (exact) mass is 526 g/mol. The van der Waals surface area contributed by atoms with E-state index in [4.69, 9.17) is 4.43 Å². The van der Waals surface area contributed by atoms with Gasteiger partial charge < -0.3 is 4.43 Å². The number of hydrogen-bond donors (Lipinski definition) is 0. The van der Waals surface area contributed by atoms with Gasteiger partial charge in [-0.2, -0.15) is 0 Å². The molecule has 1 heterocycles. The summed E-state index contributed by atoms with van der Waals surface area (Å²) >= 11 is 0. The van der Waals surface area contributed by atoms with Crippen LogP contribution in [0, 0.1) is 16.9 Å². The zero-order valence-corrected chi connectivity index (χ0v) is 30.4. The van der Waals surface area contributed by atoms with E-state index in [9.17, 15) is 0 Å². The Labute approximate surface area is 202 Å². The highest BCUT2D eigenvalue weighted by Gasteiger charge is 2.73. The van der Waals surface area contributed by atoms with Crippen molar-refractivity contribution < 1.29 is 4.43 Å². The molecule has 7 heteroatoms. The van der Waals surface area contributed by atoms with Crippen LogP contribution in [0.5, 0.6) is 0 Å². The molecule has 0 aromatic carbocycles. The van der Waals surface area contributed by atoms with E-state index >= 15 is 0 Å². The second-order valence-corrected chi connectivity index (χ2v) is 57.2. The minimum Gasteiger partial charge on any atom is -0.411 e. The predicted octanol–water partition coefficient (Wildman–Crippen LogP) is 8.05. The summed E-state index contributed by atoms with van der Waals surface area (Å²) in [5, 5.41) is -0.185. The molecule has 1 aliphatic heterocycles. The van der Waals surface area contributed by atoms with E-state index in [1.807, 2.05) is 4.82 Å². The third kappa shape index (κ3) is 5.01. The van der Waals surface area contributed by atoms with Gasteiger partial charge in [0.25, 0.3) is 0 Å². The van der Waals surface area contributed by atoms with Crippen LogP contribution in [0.25, 0.3) is 0 Å². The summed E-state index contributed by atoms with van der Waals surface area (Å²) in [7, 11) is -10.4. The molecule has 0 fully saturated rings. The Morgan fingerprint density at radius 3 is 1.32 bits per heavy atom. The summed E-state index contributed by atoms with van der Waals surface area (Å²) in [5.41, 5.74) is 5.41. The van der Waals surface area contributed by atoms with Crippen molar-refractivity contribution in [3.63, 3.8) is 0 Å². The summed E-state index contributed by atoms with van der Waals surface area (Å²) < 4.78 is 8.11. The van der Waals surface area contributed by atoms with Crippen molar-refractivity contribution in [3.8, 4) is 11.5 Å². The molecule has 0 radical (unpaired) electrons. The van der Waals surface area contributed by atoms with Gasteiger partial charge in [-0.3, -0.25) is 0 Å². The van der Waals surface area contributed by atoms with Gasteiger partial charge in [-0.05, 0) is 5.41 Å². The number of rotatable bonds is 4. The molecule has 31 heavy (non-hydrogen) atoms. The molecule has 0 saturated carbocycles. The lowest BCUT2D eigenvalue weighted by Gasteiger charge is -2.57. The van der Waals surface area contributed by atoms with Crippen molar-refractivity contribution in [3.05, 3.63) is 10.4 Å². The summed E-state index contributed by atoms with van der Waals surface area (Å²) in [6.07, 6.45) is 0. The highest BCUT2D eigenvalue weighted by molar-refractivity contribution is 7.71. The van der Waals surface area contributed by atoms with E-state index in [2.05, 4.69) is 130 Å². The first kappa shape index (κ1) is 29.6. The first-order valence-corrected chi connectivity index (χ1v) is 33.6. The summed E-state index contributed by atoms with van der Waals surface area (Å²) in [5.74, 6) is 4.00. The lowest BCUT2D eigenvalue weighted by atomic mass is 9.84. The molecule has 1 unspecified atom stereocenters. The molecule has 0 N–H and O–H groups in total. The summed E-state index contributed by atoms with van der Waals surface area (Å²) in [4.78, 5) is 1.85. The molecule has 0 bridgehead atoms. The molecule has 1 nitrogen and oxygen atoms in total. The van der Waals surface area contributed by atoms with Crippen molar-refractivity contribution in [1.82, 2.24) is 0 Å². The van der Waals surface area contributed by atoms with Crippen LogP contribution in [-0.2, 0) is 4.43 Å². The Morgan fingerprint density at radius 2 is 1.10 bits per heavy atom. The Morgan fingerprint density at radius 1 is 0.710 bits per heavy atom.